The van der Waals surface area contributed by atoms with Crippen LogP contribution in [0, 0.1) is 11.8 Å². The van der Waals surface area contributed by atoms with Gasteiger partial charge >= 0.3 is 0 Å². The Morgan fingerprint density at radius 3 is 2.23 bits per heavy atom. The summed E-state index contributed by atoms with van der Waals surface area (Å²) in [6.07, 6.45) is 1.68. The van der Waals surface area contributed by atoms with Crippen LogP contribution in [-0.2, 0) is 4.79 Å². The zero-order chi connectivity index (χ0) is 8.84. The first kappa shape index (κ1) is 7.31. The van der Waals surface area contributed by atoms with E-state index in [0.29, 0.717) is 23.5 Å². The Bertz CT molecular complexity index is 327. The van der Waals surface area contributed by atoms with Gasteiger partial charge in [-0.15, -0.1) is 0 Å². The zero-order valence-corrected chi connectivity index (χ0v) is 7.44. The van der Waals surface area contributed by atoms with Crippen LogP contribution in [0.4, 0.5) is 0 Å². The molecule has 0 radical (unpaired) electrons. The minimum Gasteiger partial charge on any atom is -0.300 e. The Morgan fingerprint density at radius 2 is 1.62 bits per heavy atom. The fourth-order valence-corrected chi connectivity index (χ4v) is 2.78. The minimum absolute atomic E-state index is 0.474. The van der Waals surface area contributed by atoms with E-state index in [1.165, 1.54) is 5.56 Å². The van der Waals surface area contributed by atoms with Crippen LogP contribution in [0.5, 0.6) is 0 Å². The molecule has 66 valence electrons. The summed E-state index contributed by atoms with van der Waals surface area (Å²) in [5, 5.41) is 0. The third-order valence-corrected chi connectivity index (χ3v) is 3.44. The summed E-state index contributed by atoms with van der Waals surface area (Å²) in [7, 11) is 0. The first-order valence-corrected chi connectivity index (χ1v) is 4.93. The van der Waals surface area contributed by atoms with E-state index >= 15 is 0 Å². The van der Waals surface area contributed by atoms with Crippen molar-refractivity contribution in [1.29, 1.82) is 0 Å². The minimum atomic E-state index is 0.474. The monoisotopic (exact) mass is 172 g/mol. The van der Waals surface area contributed by atoms with Gasteiger partial charge in [-0.25, -0.2) is 0 Å². The molecule has 1 heteroatoms. The van der Waals surface area contributed by atoms with Crippen LogP contribution in [0.15, 0.2) is 30.3 Å². The van der Waals surface area contributed by atoms with Gasteiger partial charge in [-0.2, -0.15) is 0 Å². The Labute approximate surface area is 77.8 Å². The molecule has 1 nitrogen and oxygen atoms in total. The summed E-state index contributed by atoms with van der Waals surface area (Å²) in [5.74, 6) is 2.56. The molecular formula is C12H12O. The van der Waals surface area contributed by atoms with Crippen molar-refractivity contribution in [2.75, 3.05) is 0 Å². The summed E-state index contributed by atoms with van der Waals surface area (Å²) < 4.78 is 0. The quantitative estimate of drug-likeness (QED) is 0.635. The van der Waals surface area contributed by atoms with E-state index in [1.54, 1.807) is 0 Å². The standard InChI is InChI=1S/C12H12O/c13-9-6-10-11(7-9)12(10)8-4-2-1-3-5-8/h1-5,10-12H,6-7H2/t10-,11+,12+. The maximum atomic E-state index is 11.1. The first-order valence-electron chi connectivity index (χ1n) is 4.93. The van der Waals surface area contributed by atoms with Crippen molar-refractivity contribution in [1.82, 2.24) is 0 Å². The summed E-state index contributed by atoms with van der Waals surface area (Å²) in [6.45, 7) is 0. The van der Waals surface area contributed by atoms with Crippen LogP contribution in [0.1, 0.15) is 24.3 Å². The van der Waals surface area contributed by atoms with Gasteiger partial charge in [-0.1, -0.05) is 30.3 Å². The molecule has 0 aromatic heterocycles. The number of carbonyl (C=O) groups is 1. The molecule has 0 saturated heterocycles. The Kier molecular flexibility index (Phi) is 1.37. The van der Waals surface area contributed by atoms with Crippen molar-refractivity contribution in [2.24, 2.45) is 11.8 Å². The van der Waals surface area contributed by atoms with E-state index in [4.69, 9.17) is 0 Å². The Morgan fingerprint density at radius 1 is 1.00 bits per heavy atom. The van der Waals surface area contributed by atoms with Crippen LogP contribution in [0.3, 0.4) is 0 Å². The third kappa shape index (κ3) is 1.03. The fourth-order valence-electron chi connectivity index (χ4n) is 2.78. The molecule has 2 aliphatic carbocycles. The zero-order valence-electron chi connectivity index (χ0n) is 7.44. The van der Waals surface area contributed by atoms with Crippen molar-refractivity contribution in [3.63, 3.8) is 0 Å². The molecule has 13 heavy (non-hydrogen) atoms. The maximum absolute atomic E-state index is 11.1. The highest BCUT2D eigenvalue weighted by atomic mass is 16.1. The smallest absolute Gasteiger partial charge is 0.133 e. The molecular weight excluding hydrogens is 160 g/mol. The molecule has 2 aliphatic rings. The molecule has 2 saturated carbocycles. The Balaban J connectivity index is 1.82. The SMILES string of the molecule is O=C1C[C@@H]2[C@H](C1)[C@H]2c1ccccc1. The maximum Gasteiger partial charge on any atom is 0.133 e. The van der Waals surface area contributed by atoms with Crippen molar-refractivity contribution in [3.8, 4) is 0 Å². The van der Waals surface area contributed by atoms with Crippen molar-refractivity contribution >= 4 is 5.78 Å². The normalized spacial score (nSPS) is 36.0. The van der Waals surface area contributed by atoms with Crippen LogP contribution < -0.4 is 0 Å². The van der Waals surface area contributed by atoms with Gasteiger partial charge in [0.15, 0.2) is 0 Å². The van der Waals surface area contributed by atoms with Gasteiger partial charge in [0.1, 0.15) is 5.78 Å². The second-order valence-corrected chi connectivity index (χ2v) is 4.21. The number of ketones is 1. The number of hydrogen-bond donors (Lipinski definition) is 0. The third-order valence-electron chi connectivity index (χ3n) is 3.44. The number of hydrogen-bond acceptors (Lipinski definition) is 1. The van der Waals surface area contributed by atoms with E-state index in [9.17, 15) is 4.79 Å². The lowest BCUT2D eigenvalue weighted by atomic mass is 10.0. The predicted octanol–water partition coefficient (Wildman–Crippen LogP) is 2.38. The highest BCUT2D eigenvalue weighted by Gasteiger charge is 2.56. The molecule has 2 fully saturated rings. The molecule has 0 aliphatic heterocycles. The first-order chi connectivity index (χ1) is 6.36. The second kappa shape index (κ2) is 2.44. The highest BCUT2D eigenvalue weighted by molar-refractivity contribution is 5.83. The number of fused-ring (bicyclic) bond motifs is 1. The average Bonchev–Trinajstić information content (AvgIpc) is 2.66. The summed E-state index contributed by atoms with van der Waals surface area (Å²) in [6, 6.07) is 10.6. The van der Waals surface area contributed by atoms with Crippen molar-refractivity contribution < 1.29 is 4.79 Å². The van der Waals surface area contributed by atoms with Gasteiger partial charge < -0.3 is 0 Å². The number of carbonyl (C=O) groups excluding carboxylic acids is 1. The van der Waals surface area contributed by atoms with Crippen molar-refractivity contribution in [3.05, 3.63) is 35.9 Å². The number of Topliss-reactive ketones (excluding diaryl/α,β-unsaturated/α-hetero) is 1. The molecule has 0 N–H and O–H groups in total. The van der Waals surface area contributed by atoms with E-state index < -0.39 is 0 Å². The molecule has 3 rings (SSSR count). The topological polar surface area (TPSA) is 17.1 Å². The molecule has 3 atom stereocenters. The molecule has 0 heterocycles. The van der Waals surface area contributed by atoms with E-state index in [1.807, 2.05) is 6.07 Å². The van der Waals surface area contributed by atoms with Gasteiger partial charge in [0.25, 0.3) is 0 Å². The molecule has 0 unspecified atom stereocenters. The van der Waals surface area contributed by atoms with Crippen molar-refractivity contribution in [2.45, 2.75) is 18.8 Å². The largest absolute Gasteiger partial charge is 0.300 e. The van der Waals surface area contributed by atoms with E-state index in [-0.39, 0.29) is 0 Å². The van der Waals surface area contributed by atoms with Crippen LogP contribution in [-0.4, -0.2) is 5.78 Å². The summed E-state index contributed by atoms with van der Waals surface area (Å²) >= 11 is 0. The van der Waals surface area contributed by atoms with E-state index in [2.05, 4.69) is 24.3 Å². The van der Waals surface area contributed by atoms with Crippen LogP contribution >= 0.6 is 0 Å². The second-order valence-electron chi connectivity index (χ2n) is 4.21. The van der Waals surface area contributed by atoms with Gasteiger partial charge in [-0.05, 0) is 23.3 Å². The molecule has 1 aromatic rings. The molecule has 0 bridgehead atoms. The number of rotatable bonds is 1. The lowest BCUT2D eigenvalue weighted by Crippen LogP contribution is -1.96. The summed E-state index contributed by atoms with van der Waals surface area (Å²) in [5.41, 5.74) is 1.44. The lowest BCUT2D eigenvalue weighted by molar-refractivity contribution is -0.118. The summed E-state index contributed by atoms with van der Waals surface area (Å²) in [4.78, 5) is 11.1. The van der Waals surface area contributed by atoms with E-state index in [0.717, 1.165) is 12.8 Å². The van der Waals surface area contributed by atoms with Gasteiger partial charge in [0.2, 0.25) is 0 Å². The highest BCUT2D eigenvalue weighted by Crippen LogP contribution is 2.61. The van der Waals surface area contributed by atoms with Gasteiger partial charge in [0, 0.05) is 12.8 Å². The molecule has 0 amide bonds. The Hall–Kier alpha value is -1.11. The van der Waals surface area contributed by atoms with Gasteiger partial charge in [0.05, 0.1) is 0 Å². The fraction of sp³-hybridized carbons (Fsp3) is 0.417. The van der Waals surface area contributed by atoms with Crippen LogP contribution in [0.2, 0.25) is 0 Å². The molecule has 0 spiro atoms. The average molecular weight is 172 g/mol. The number of benzene rings is 1. The van der Waals surface area contributed by atoms with Gasteiger partial charge in [-0.3, -0.25) is 4.79 Å². The van der Waals surface area contributed by atoms with Crippen LogP contribution in [0.25, 0.3) is 0 Å². The lowest BCUT2D eigenvalue weighted by Gasteiger charge is -2.01. The predicted molar refractivity (Wildman–Crippen MR) is 50.4 cm³/mol. The molecule has 1 aromatic carbocycles.